The predicted molar refractivity (Wildman–Crippen MR) is 113 cm³/mol. The summed E-state index contributed by atoms with van der Waals surface area (Å²) in [6, 6.07) is 0. The Labute approximate surface area is 191 Å². The number of carboxylic acids is 1. The van der Waals surface area contributed by atoms with Crippen LogP contribution in [0.2, 0.25) is 0 Å². The summed E-state index contributed by atoms with van der Waals surface area (Å²) in [6.45, 7) is 4.61. The van der Waals surface area contributed by atoms with Gasteiger partial charge in [-0.3, -0.25) is 13.9 Å². The molecule has 146 valence electrons. The van der Waals surface area contributed by atoms with E-state index in [1.165, 1.54) is 34.7 Å². The normalized spacial score (nSPS) is 11.2. The van der Waals surface area contributed by atoms with Gasteiger partial charge in [0.2, 0.25) is 0 Å². The van der Waals surface area contributed by atoms with Crippen molar-refractivity contribution in [3.8, 4) is 0 Å². The topological polar surface area (TPSA) is 99.1 Å². The average molecular weight is 433 g/mol. The van der Waals surface area contributed by atoms with E-state index in [4.69, 9.17) is 0 Å². The van der Waals surface area contributed by atoms with Crippen LogP contribution in [0.5, 0.6) is 0 Å². The number of nitrogens with zero attached hydrogens (tertiary/aromatic N) is 4. The van der Waals surface area contributed by atoms with E-state index in [1.807, 2.05) is 24.7 Å². The van der Waals surface area contributed by atoms with E-state index in [-0.39, 0.29) is 53.0 Å². The van der Waals surface area contributed by atoms with Crippen molar-refractivity contribution >= 4 is 68.8 Å². The summed E-state index contributed by atoms with van der Waals surface area (Å²) in [6.07, 6.45) is 5.30. The van der Waals surface area contributed by atoms with E-state index >= 15 is 0 Å². The molecule has 3 heterocycles. The predicted octanol–water partition coefficient (Wildman–Crippen LogP) is 1.43. The molecule has 0 saturated carbocycles. The van der Waals surface area contributed by atoms with Crippen molar-refractivity contribution in [3.05, 3.63) is 43.7 Å². The zero-order chi connectivity index (χ0) is 19.9. The molecule has 3 aromatic heterocycles. The van der Waals surface area contributed by atoms with Crippen LogP contribution in [0, 0.1) is 5.92 Å². The van der Waals surface area contributed by atoms with Gasteiger partial charge in [0.05, 0.1) is 17.5 Å². The van der Waals surface area contributed by atoms with Gasteiger partial charge >= 0.3 is 41.2 Å². The Morgan fingerprint density at radius 1 is 1.36 bits per heavy atom. The molecule has 0 radical (unpaired) electrons. The van der Waals surface area contributed by atoms with Crippen LogP contribution >= 0.6 is 23.1 Å². The molecule has 0 unspecified atom stereocenters. The Bertz CT molecular complexity index is 1140. The first-order chi connectivity index (χ1) is 12.8. The Hall–Kier alpha value is -1.33. The summed E-state index contributed by atoms with van der Waals surface area (Å²) >= 11 is 2.64. The molecule has 0 saturated heterocycles. The van der Waals surface area contributed by atoms with Crippen LogP contribution in [-0.4, -0.2) is 65.6 Å². The van der Waals surface area contributed by atoms with Gasteiger partial charge < -0.3 is 9.67 Å². The van der Waals surface area contributed by atoms with Gasteiger partial charge in [0, 0.05) is 30.9 Å². The molecule has 0 aliphatic heterocycles. The second-order valence-corrected chi connectivity index (χ2v) is 8.44. The number of aromatic nitrogens is 4. The van der Waals surface area contributed by atoms with Crippen molar-refractivity contribution in [3.63, 3.8) is 0 Å². The Balaban J connectivity index is 0.00000280. The van der Waals surface area contributed by atoms with Crippen LogP contribution in [0.25, 0.3) is 10.2 Å². The van der Waals surface area contributed by atoms with Gasteiger partial charge in [0.1, 0.15) is 4.83 Å². The molecule has 0 aliphatic rings. The summed E-state index contributed by atoms with van der Waals surface area (Å²) in [7, 11) is 1.38. The number of carbonyl (C=O) groups is 1. The van der Waals surface area contributed by atoms with Crippen molar-refractivity contribution in [2.24, 2.45) is 13.0 Å². The third kappa shape index (κ3) is 4.02. The fourth-order valence-corrected chi connectivity index (χ4v) is 4.81. The molecule has 0 aliphatic carbocycles. The maximum atomic E-state index is 12.7. The quantitative estimate of drug-likeness (QED) is 0.467. The molecular weight excluding hydrogens is 411 g/mol. The van der Waals surface area contributed by atoms with Crippen molar-refractivity contribution < 1.29 is 9.90 Å². The van der Waals surface area contributed by atoms with Crippen molar-refractivity contribution in [1.82, 2.24) is 18.7 Å². The first-order valence-electron chi connectivity index (χ1n) is 8.29. The van der Waals surface area contributed by atoms with E-state index < -0.39 is 17.2 Å². The average Bonchev–Trinajstić information content (AvgIpc) is 3.21. The Morgan fingerprint density at radius 2 is 2.04 bits per heavy atom. The third-order valence-corrected chi connectivity index (χ3v) is 6.08. The number of fused-ring (bicyclic) bond motifs is 1. The van der Waals surface area contributed by atoms with E-state index in [2.05, 4.69) is 4.98 Å². The van der Waals surface area contributed by atoms with Gasteiger partial charge in [-0.2, -0.15) is 0 Å². The van der Waals surface area contributed by atoms with Crippen LogP contribution in [0.4, 0.5) is 0 Å². The zero-order valence-corrected chi connectivity index (χ0v) is 17.1. The molecule has 0 fully saturated rings. The fourth-order valence-electron chi connectivity index (χ4n) is 3.00. The minimum atomic E-state index is -1.17. The minimum absolute atomic E-state index is 0. The number of aromatic carboxylic acids is 1. The van der Waals surface area contributed by atoms with Gasteiger partial charge in [-0.05, 0) is 12.2 Å². The first kappa shape index (κ1) is 23.0. The summed E-state index contributed by atoms with van der Waals surface area (Å²) < 4.78 is 4.32. The number of hydrogen-bond donors (Lipinski definition) is 1. The van der Waals surface area contributed by atoms with Gasteiger partial charge in [-0.25, -0.2) is 14.6 Å². The van der Waals surface area contributed by atoms with E-state index in [0.717, 1.165) is 9.72 Å². The zero-order valence-electron chi connectivity index (χ0n) is 15.4. The van der Waals surface area contributed by atoms with E-state index in [1.54, 1.807) is 12.4 Å². The third-order valence-electron chi connectivity index (χ3n) is 4.18. The van der Waals surface area contributed by atoms with Crippen LogP contribution in [0.1, 0.15) is 29.1 Å². The number of thiophene rings is 1. The van der Waals surface area contributed by atoms with Gasteiger partial charge in [-0.15, -0.1) is 11.3 Å². The summed E-state index contributed by atoms with van der Waals surface area (Å²) in [5.74, 6) is -1.01. The van der Waals surface area contributed by atoms with Gasteiger partial charge in [0.15, 0.2) is 5.16 Å². The molecule has 0 amide bonds. The Morgan fingerprint density at radius 3 is 2.61 bits per heavy atom. The fraction of sp³-hybridized carbons (Fsp3) is 0.412. The van der Waals surface area contributed by atoms with E-state index in [9.17, 15) is 19.5 Å². The molecular formula is C17H21N4NaO4S2. The van der Waals surface area contributed by atoms with Crippen LogP contribution in [0.3, 0.4) is 0 Å². The number of carboxylic acid groups (broad SMARTS) is 1. The molecule has 11 heteroatoms. The number of thioether (sulfide) groups is 1. The molecule has 8 nitrogen and oxygen atoms in total. The molecule has 0 aromatic carbocycles. The van der Waals surface area contributed by atoms with Crippen LogP contribution in [0.15, 0.2) is 27.1 Å². The van der Waals surface area contributed by atoms with E-state index in [0.29, 0.717) is 16.3 Å². The molecule has 0 spiro atoms. The molecule has 3 aromatic rings. The van der Waals surface area contributed by atoms with Crippen molar-refractivity contribution in [1.29, 1.82) is 0 Å². The number of hydrogen-bond acceptors (Lipinski definition) is 6. The second kappa shape index (κ2) is 9.00. The van der Waals surface area contributed by atoms with Gasteiger partial charge in [0.25, 0.3) is 5.56 Å². The van der Waals surface area contributed by atoms with Gasteiger partial charge in [-0.1, -0.05) is 25.6 Å². The molecule has 0 bridgehead atoms. The number of imidazole rings is 1. The monoisotopic (exact) mass is 432 g/mol. The van der Waals surface area contributed by atoms with Crippen molar-refractivity contribution in [2.45, 2.75) is 32.1 Å². The molecule has 1 N–H and O–H groups in total. The molecule has 3 rings (SSSR count). The second-order valence-electron chi connectivity index (χ2n) is 6.58. The molecule has 28 heavy (non-hydrogen) atoms. The molecule has 0 atom stereocenters. The Kier molecular flexibility index (Phi) is 7.38. The first-order valence-corrected chi connectivity index (χ1v) is 10.3. The summed E-state index contributed by atoms with van der Waals surface area (Å²) in [5.41, 5.74) is -1.04. The summed E-state index contributed by atoms with van der Waals surface area (Å²) in [5, 5.41) is 10.6. The van der Waals surface area contributed by atoms with Crippen molar-refractivity contribution in [2.75, 3.05) is 6.26 Å². The summed E-state index contributed by atoms with van der Waals surface area (Å²) in [4.78, 5) is 42.5. The SMILES string of the molecule is CSc1nccn1Cc1sc2c(c1C(=O)O)c(=O)n(C)c(=O)n2CC(C)C.[NaH]. The standard InChI is InChI=1S/C17H20N4O4S2.Na.H/c1-9(2)7-21-14-12(13(22)19(3)17(21)25)11(15(23)24)10(27-14)8-20-6-5-18-16(20)26-4;;/h5-6,9H,7-8H2,1-4H3,(H,23,24);;. The maximum absolute atomic E-state index is 12.7. The van der Waals surface area contributed by atoms with Crippen LogP contribution in [-0.2, 0) is 20.1 Å². The number of rotatable bonds is 6. The van der Waals surface area contributed by atoms with Crippen LogP contribution < -0.4 is 11.2 Å².